The van der Waals surface area contributed by atoms with Crippen LogP contribution >= 0.6 is 0 Å². The number of pyridine rings is 1. The summed E-state index contributed by atoms with van der Waals surface area (Å²) in [6.45, 7) is -1.27. The average molecular weight is 233 g/mol. The molecule has 0 aromatic carbocycles. The van der Waals surface area contributed by atoms with Gasteiger partial charge in [-0.25, -0.2) is 13.8 Å². The van der Waals surface area contributed by atoms with Gasteiger partial charge < -0.3 is 5.32 Å². The van der Waals surface area contributed by atoms with Crippen molar-refractivity contribution in [2.45, 2.75) is 12.3 Å². The Morgan fingerprint density at radius 3 is 2.75 bits per heavy atom. The molecule has 1 aromatic heterocycles. The van der Waals surface area contributed by atoms with E-state index in [0.29, 0.717) is 0 Å². The van der Waals surface area contributed by atoms with Crippen LogP contribution in [-0.2, 0) is 0 Å². The lowest BCUT2D eigenvalue weighted by Crippen LogP contribution is -2.35. The van der Waals surface area contributed by atoms with Crippen molar-refractivity contribution in [3.05, 3.63) is 23.9 Å². The number of aromatic nitrogens is 1. The fourth-order valence-electron chi connectivity index (χ4n) is 0.915. The molecule has 7 heteroatoms. The van der Waals surface area contributed by atoms with Gasteiger partial charge in [0.05, 0.1) is 12.1 Å². The highest BCUT2D eigenvalue weighted by Crippen LogP contribution is 2.23. The van der Waals surface area contributed by atoms with Gasteiger partial charge in [-0.2, -0.15) is 14.0 Å². The van der Waals surface area contributed by atoms with Gasteiger partial charge in [0, 0.05) is 6.20 Å². The molecule has 0 bridgehead atoms. The van der Waals surface area contributed by atoms with E-state index in [-0.39, 0.29) is 11.4 Å². The van der Waals surface area contributed by atoms with Crippen molar-refractivity contribution in [3.63, 3.8) is 0 Å². The molecule has 3 nitrogen and oxygen atoms in total. The zero-order valence-corrected chi connectivity index (χ0v) is 7.92. The number of nitrogens with one attached hydrogen (secondary N) is 1. The molecule has 0 atom stereocenters. The number of halogens is 4. The van der Waals surface area contributed by atoms with Crippen molar-refractivity contribution in [2.24, 2.45) is 0 Å². The van der Waals surface area contributed by atoms with E-state index >= 15 is 0 Å². The van der Waals surface area contributed by atoms with E-state index in [0.717, 1.165) is 0 Å². The summed E-state index contributed by atoms with van der Waals surface area (Å²) in [5.41, 5.74) is 0.0209. The summed E-state index contributed by atoms with van der Waals surface area (Å²) in [6, 6.07) is 4.49. The molecule has 0 aliphatic heterocycles. The van der Waals surface area contributed by atoms with E-state index in [4.69, 9.17) is 5.26 Å². The van der Waals surface area contributed by atoms with E-state index in [9.17, 15) is 17.6 Å². The van der Waals surface area contributed by atoms with Crippen LogP contribution in [0.4, 0.5) is 23.4 Å². The van der Waals surface area contributed by atoms with E-state index in [1.807, 2.05) is 5.32 Å². The molecular weight excluding hydrogens is 226 g/mol. The molecule has 86 valence electrons. The third-order valence-corrected chi connectivity index (χ3v) is 1.74. The van der Waals surface area contributed by atoms with Crippen molar-refractivity contribution in [2.75, 3.05) is 11.9 Å². The van der Waals surface area contributed by atoms with E-state index in [1.54, 1.807) is 6.07 Å². The van der Waals surface area contributed by atoms with Crippen LogP contribution in [-0.4, -0.2) is 23.9 Å². The molecule has 1 aromatic rings. The first-order valence-corrected chi connectivity index (χ1v) is 4.22. The first-order chi connectivity index (χ1) is 7.47. The lowest BCUT2D eigenvalue weighted by atomic mass is 10.2. The molecule has 0 fully saturated rings. The van der Waals surface area contributed by atoms with Gasteiger partial charge in [0.15, 0.2) is 0 Å². The highest BCUT2D eigenvalue weighted by atomic mass is 19.3. The largest absolute Gasteiger partial charge is 0.363 e. The van der Waals surface area contributed by atoms with Crippen LogP contribution in [0.1, 0.15) is 5.56 Å². The van der Waals surface area contributed by atoms with Crippen LogP contribution in [0.3, 0.4) is 0 Å². The Bertz CT molecular complexity index is 400. The number of alkyl halides is 4. The lowest BCUT2D eigenvalue weighted by Gasteiger charge is -2.16. The highest BCUT2D eigenvalue weighted by molar-refractivity contribution is 5.51. The maximum atomic E-state index is 12.5. The standard InChI is InChI=1S/C9H7F4N3/c10-8(11)9(12,13)5-16-7-6(4-14)2-1-3-15-7/h1-3,8H,5H2,(H,15,16). The molecule has 0 amide bonds. The molecule has 0 unspecified atom stereocenters. The molecule has 0 radical (unpaired) electrons. The van der Waals surface area contributed by atoms with E-state index in [1.165, 1.54) is 18.3 Å². The predicted molar refractivity (Wildman–Crippen MR) is 48.4 cm³/mol. The summed E-state index contributed by atoms with van der Waals surface area (Å²) in [6.07, 6.45) is -2.49. The molecule has 1 rings (SSSR count). The normalized spacial score (nSPS) is 11.2. The van der Waals surface area contributed by atoms with Gasteiger partial charge in [-0.05, 0) is 12.1 Å². The molecule has 0 aliphatic carbocycles. The summed E-state index contributed by atoms with van der Waals surface area (Å²) in [7, 11) is 0. The van der Waals surface area contributed by atoms with Crippen molar-refractivity contribution >= 4 is 5.82 Å². The van der Waals surface area contributed by atoms with Gasteiger partial charge in [0.1, 0.15) is 11.9 Å². The van der Waals surface area contributed by atoms with Crippen LogP contribution in [0.2, 0.25) is 0 Å². The predicted octanol–water partition coefficient (Wildman–Crippen LogP) is 2.27. The first kappa shape index (κ1) is 12.2. The van der Waals surface area contributed by atoms with Gasteiger partial charge >= 0.3 is 12.3 Å². The number of hydrogen-bond acceptors (Lipinski definition) is 3. The zero-order valence-electron chi connectivity index (χ0n) is 7.92. The Labute approximate surface area is 88.7 Å². The second-order valence-electron chi connectivity index (χ2n) is 2.93. The van der Waals surface area contributed by atoms with E-state index in [2.05, 4.69) is 4.98 Å². The van der Waals surface area contributed by atoms with Crippen molar-refractivity contribution < 1.29 is 17.6 Å². The first-order valence-electron chi connectivity index (χ1n) is 4.22. The summed E-state index contributed by atoms with van der Waals surface area (Å²) in [5.74, 6) is -4.28. The number of nitriles is 1. The Morgan fingerprint density at radius 2 is 2.19 bits per heavy atom. The van der Waals surface area contributed by atoms with Crippen LogP contribution in [0.5, 0.6) is 0 Å². The Morgan fingerprint density at radius 1 is 1.50 bits per heavy atom. The summed E-state index contributed by atoms with van der Waals surface area (Å²) in [4.78, 5) is 3.60. The third kappa shape index (κ3) is 2.82. The highest BCUT2D eigenvalue weighted by Gasteiger charge is 2.40. The molecule has 0 saturated carbocycles. The van der Waals surface area contributed by atoms with Crippen molar-refractivity contribution in [1.82, 2.24) is 4.98 Å². The fraction of sp³-hybridized carbons (Fsp3) is 0.333. The van der Waals surface area contributed by atoms with Crippen LogP contribution in [0, 0.1) is 11.3 Å². The second-order valence-corrected chi connectivity index (χ2v) is 2.93. The number of nitrogens with zero attached hydrogens (tertiary/aromatic N) is 2. The van der Waals surface area contributed by atoms with Crippen LogP contribution in [0.15, 0.2) is 18.3 Å². The minimum absolute atomic E-state index is 0.0209. The van der Waals surface area contributed by atoms with Gasteiger partial charge in [-0.1, -0.05) is 0 Å². The maximum Gasteiger partial charge on any atom is 0.324 e. The molecular formula is C9H7F4N3. The monoisotopic (exact) mass is 233 g/mol. The minimum Gasteiger partial charge on any atom is -0.363 e. The van der Waals surface area contributed by atoms with Gasteiger partial charge in [0.25, 0.3) is 0 Å². The van der Waals surface area contributed by atoms with Crippen LogP contribution in [0.25, 0.3) is 0 Å². The van der Waals surface area contributed by atoms with Gasteiger partial charge in [-0.15, -0.1) is 0 Å². The maximum absolute atomic E-state index is 12.5. The number of hydrogen-bond donors (Lipinski definition) is 1. The molecule has 0 aliphatic rings. The Balaban J connectivity index is 2.72. The Kier molecular flexibility index (Phi) is 3.66. The third-order valence-electron chi connectivity index (χ3n) is 1.74. The van der Waals surface area contributed by atoms with Crippen LogP contribution < -0.4 is 5.32 Å². The van der Waals surface area contributed by atoms with Gasteiger partial charge in [-0.3, -0.25) is 0 Å². The molecule has 16 heavy (non-hydrogen) atoms. The molecule has 1 heterocycles. The summed E-state index contributed by atoms with van der Waals surface area (Å²) in [5, 5.41) is 10.6. The average Bonchev–Trinajstić information content (AvgIpc) is 2.26. The second kappa shape index (κ2) is 4.79. The number of anilines is 1. The fourth-order valence-corrected chi connectivity index (χ4v) is 0.915. The lowest BCUT2D eigenvalue weighted by molar-refractivity contribution is -0.117. The summed E-state index contributed by atoms with van der Waals surface area (Å²) >= 11 is 0. The summed E-state index contributed by atoms with van der Waals surface area (Å²) < 4.78 is 48.7. The topological polar surface area (TPSA) is 48.7 Å². The van der Waals surface area contributed by atoms with Crippen molar-refractivity contribution in [1.29, 1.82) is 5.26 Å². The van der Waals surface area contributed by atoms with Crippen molar-refractivity contribution in [3.8, 4) is 6.07 Å². The van der Waals surface area contributed by atoms with Gasteiger partial charge in [0.2, 0.25) is 0 Å². The zero-order chi connectivity index (χ0) is 12.2. The molecule has 1 N–H and O–H groups in total. The quantitative estimate of drug-likeness (QED) is 0.811. The number of rotatable bonds is 4. The van der Waals surface area contributed by atoms with E-state index < -0.39 is 18.9 Å². The molecule has 0 saturated heterocycles. The SMILES string of the molecule is N#Cc1cccnc1NCC(F)(F)C(F)F. The Hall–Kier alpha value is -1.84. The molecule has 0 spiro atoms. The smallest absolute Gasteiger partial charge is 0.324 e. The minimum atomic E-state index is -4.15.